The number of benzene rings is 1. The van der Waals surface area contributed by atoms with Gasteiger partial charge in [-0.05, 0) is 31.5 Å². The largest absolute Gasteiger partial charge is 0.450 e. The molecule has 0 spiro atoms. The number of furan rings is 1. The standard InChI is InChI=1S/C17H13N3O4/c1-8-4-5-11-12(6-8)23-17(22)13-14(20-7-18-19-10(20)3)15(9(2)21)24-16(11)13/h4-7H,1-3H3. The lowest BCUT2D eigenvalue weighted by Crippen LogP contribution is -2.06. The van der Waals surface area contributed by atoms with E-state index in [0.29, 0.717) is 28.1 Å². The third kappa shape index (κ3) is 1.91. The van der Waals surface area contributed by atoms with Gasteiger partial charge in [-0.1, -0.05) is 6.07 Å². The summed E-state index contributed by atoms with van der Waals surface area (Å²) in [4.78, 5) is 24.6. The number of rotatable bonds is 2. The summed E-state index contributed by atoms with van der Waals surface area (Å²) in [5.74, 6) is 0.311. The summed E-state index contributed by atoms with van der Waals surface area (Å²) in [6.45, 7) is 5.01. The Morgan fingerprint density at radius 3 is 2.67 bits per heavy atom. The monoisotopic (exact) mass is 323 g/mol. The summed E-state index contributed by atoms with van der Waals surface area (Å²) in [5, 5.41) is 8.57. The summed E-state index contributed by atoms with van der Waals surface area (Å²) < 4.78 is 12.8. The third-order valence-corrected chi connectivity index (χ3v) is 3.95. The van der Waals surface area contributed by atoms with Gasteiger partial charge in [-0.3, -0.25) is 9.36 Å². The van der Waals surface area contributed by atoms with Gasteiger partial charge in [0, 0.05) is 6.92 Å². The van der Waals surface area contributed by atoms with Crippen molar-refractivity contribution in [2.45, 2.75) is 20.8 Å². The van der Waals surface area contributed by atoms with Crippen molar-refractivity contribution in [1.29, 1.82) is 0 Å². The molecule has 7 heteroatoms. The predicted octanol–water partition coefficient (Wildman–Crippen LogP) is 2.94. The summed E-state index contributed by atoms with van der Waals surface area (Å²) >= 11 is 0. The number of carbonyl (C=O) groups is 1. The van der Waals surface area contributed by atoms with Crippen molar-refractivity contribution in [2.24, 2.45) is 0 Å². The zero-order valence-corrected chi connectivity index (χ0v) is 13.3. The van der Waals surface area contributed by atoms with E-state index >= 15 is 0 Å². The minimum atomic E-state index is -0.567. The highest BCUT2D eigenvalue weighted by atomic mass is 16.4. The maximum Gasteiger partial charge on any atom is 0.349 e. The molecule has 0 aliphatic rings. The Kier molecular flexibility index (Phi) is 2.93. The molecule has 1 aromatic carbocycles. The molecule has 0 N–H and O–H groups in total. The average Bonchev–Trinajstić information content (AvgIpc) is 3.10. The van der Waals surface area contributed by atoms with Gasteiger partial charge >= 0.3 is 5.63 Å². The fraction of sp³-hybridized carbons (Fsp3) is 0.176. The smallest absolute Gasteiger partial charge is 0.349 e. The van der Waals surface area contributed by atoms with Crippen molar-refractivity contribution in [3.63, 3.8) is 0 Å². The number of aromatic nitrogens is 3. The molecule has 0 atom stereocenters. The molecular formula is C17H13N3O4. The van der Waals surface area contributed by atoms with Crippen molar-refractivity contribution < 1.29 is 13.6 Å². The number of ketones is 1. The van der Waals surface area contributed by atoms with Crippen molar-refractivity contribution in [3.05, 3.63) is 52.1 Å². The van der Waals surface area contributed by atoms with Crippen LogP contribution in [0.3, 0.4) is 0 Å². The lowest BCUT2D eigenvalue weighted by Gasteiger charge is -2.02. The number of hydrogen-bond donors (Lipinski definition) is 0. The molecule has 24 heavy (non-hydrogen) atoms. The van der Waals surface area contributed by atoms with Crippen molar-refractivity contribution in [2.75, 3.05) is 0 Å². The first-order chi connectivity index (χ1) is 11.5. The zero-order valence-electron chi connectivity index (χ0n) is 13.3. The first-order valence-electron chi connectivity index (χ1n) is 7.35. The Morgan fingerprint density at radius 2 is 2.00 bits per heavy atom. The van der Waals surface area contributed by atoms with Gasteiger partial charge in [-0.15, -0.1) is 10.2 Å². The van der Waals surface area contributed by atoms with E-state index in [1.807, 2.05) is 19.1 Å². The minimum absolute atomic E-state index is 0.0771. The molecule has 0 unspecified atom stereocenters. The van der Waals surface area contributed by atoms with Crippen molar-refractivity contribution in [3.8, 4) is 5.69 Å². The zero-order chi connectivity index (χ0) is 17.0. The van der Waals surface area contributed by atoms with Gasteiger partial charge < -0.3 is 8.83 Å². The Labute approximate surface area is 135 Å². The topological polar surface area (TPSA) is 91.1 Å². The first-order valence-corrected chi connectivity index (χ1v) is 7.35. The van der Waals surface area contributed by atoms with Crippen LogP contribution in [-0.4, -0.2) is 20.5 Å². The Balaban J connectivity index is 2.25. The highest BCUT2D eigenvalue weighted by Crippen LogP contribution is 2.33. The van der Waals surface area contributed by atoms with Crippen LogP contribution in [0.1, 0.15) is 28.9 Å². The summed E-state index contributed by atoms with van der Waals surface area (Å²) in [7, 11) is 0. The van der Waals surface area contributed by atoms with E-state index in [-0.39, 0.29) is 16.9 Å². The van der Waals surface area contributed by atoms with Crippen LogP contribution in [0, 0.1) is 13.8 Å². The Morgan fingerprint density at radius 1 is 1.21 bits per heavy atom. The molecule has 0 bridgehead atoms. The number of fused-ring (bicyclic) bond motifs is 3. The fourth-order valence-electron chi connectivity index (χ4n) is 2.83. The molecule has 4 aromatic rings. The van der Waals surface area contributed by atoms with Crippen LogP contribution in [0.4, 0.5) is 0 Å². The quantitative estimate of drug-likeness (QED) is 0.416. The van der Waals surface area contributed by atoms with E-state index in [9.17, 15) is 9.59 Å². The molecule has 0 saturated heterocycles. The summed E-state index contributed by atoms with van der Waals surface area (Å²) in [6.07, 6.45) is 1.44. The number of hydrogen-bond acceptors (Lipinski definition) is 6. The molecule has 0 aliphatic heterocycles. The summed E-state index contributed by atoms with van der Waals surface area (Å²) in [6, 6.07) is 5.46. The number of Topliss-reactive ketones (excluding diaryl/α,β-unsaturated/α-hetero) is 1. The molecule has 3 aromatic heterocycles. The van der Waals surface area contributed by atoms with Gasteiger partial charge in [0.25, 0.3) is 0 Å². The second-order valence-electron chi connectivity index (χ2n) is 5.68. The van der Waals surface area contributed by atoms with Gasteiger partial charge in [-0.25, -0.2) is 4.79 Å². The van der Waals surface area contributed by atoms with Crippen LogP contribution < -0.4 is 5.63 Å². The van der Waals surface area contributed by atoms with Crippen LogP contribution >= 0.6 is 0 Å². The average molecular weight is 323 g/mol. The summed E-state index contributed by atoms with van der Waals surface area (Å²) in [5.41, 5.74) is 1.45. The molecule has 7 nitrogen and oxygen atoms in total. The molecule has 120 valence electrons. The van der Waals surface area contributed by atoms with Crippen LogP contribution in [0.15, 0.2) is 38.2 Å². The van der Waals surface area contributed by atoms with Gasteiger partial charge in [-0.2, -0.15) is 0 Å². The van der Waals surface area contributed by atoms with Crippen molar-refractivity contribution in [1.82, 2.24) is 14.8 Å². The highest BCUT2D eigenvalue weighted by molar-refractivity contribution is 6.09. The lowest BCUT2D eigenvalue weighted by molar-refractivity contribution is 0.0989. The molecule has 0 aliphatic carbocycles. The van der Waals surface area contributed by atoms with Crippen LogP contribution in [0.25, 0.3) is 27.6 Å². The van der Waals surface area contributed by atoms with Gasteiger partial charge in [0.05, 0.1) is 5.39 Å². The minimum Gasteiger partial charge on any atom is -0.450 e. The molecule has 0 fully saturated rings. The maximum atomic E-state index is 12.6. The second-order valence-corrected chi connectivity index (χ2v) is 5.68. The van der Waals surface area contributed by atoms with Gasteiger partial charge in [0.15, 0.2) is 17.1 Å². The second kappa shape index (κ2) is 4.89. The molecule has 3 heterocycles. The Hall–Kier alpha value is -3.22. The number of nitrogens with zero attached hydrogens (tertiary/aromatic N) is 3. The van der Waals surface area contributed by atoms with Crippen LogP contribution in [-0.2, 0) is 0 Å². The van der Waals surface area contributed by atoms with E-state index in [2.05, 4.69) is 10.2 Å². The molecule has 0 saturated carbocycles. The van der Waals surface area contributed by atoms with E-state index in [4.69, 9.17) is 8.83 Å². The number of aryl methyl sites for hydroxylation is 2. The maximum absolute atomic E-state index is 12.6. The first kappa shape index (κ1) is 14.4. The van der Waals surface area contributed by atoms with Crippen LogP contribution in [0.5, 0.6) is 0 Å². The number of carbonyl (C=O) groups excluding carboxylic acids is 1. The Bertz CT molecular complexity index is 1180. The van der Waals surface area contributed by atoms with Gasteiger partial charge in [0.1, 0.15) is 28.8 Å². The normalized spacial score (nSPS) is 11.5. The molecule has 0 radical (unpaired) electrons. The van der Waals surface area contributed by atoms with E-state index in [1.54, 1.807) is 17.6 Å². The van der Waals surface area contributed by atoms with E-state index in [0.717, 1.165) is 5.56 Å². The van der Waals surface area contributed by atoms with Crippen LogP contribution in [0.2, 0.25) is 0 Å². The SMILES string of the molecule is CC(=O)c1oc2c(c1-n1cnnc1C)c(=O)oc1cc(C)ccc12. The lowest BCUT2D eigenvalue weighted by atomic mass is 10.1. The fourth-order valence-corrected chi connectivity index (χ4v) is 2.83. The molecule has 0 amide bonds. The van der Waals surface area contributed by atoms with Gasteiger partial charge in [0.2, 0.25) is 0 Å². The van der Waals surface area contributed by atoms with E-state index in [1.165, 1.54) is 13.3 Å². The molecule has 4 rings (SSSR count). The highest BCUT2D eigenvalue weighted by Gasteiger charge is 2.25. The predicted molar refractivity (Wildman–Crippen MR) is 86.7 cm³/mol. The van der Waals surface area contributed by atoms with Crippen molar-refractivity contribution >= 4 is 27.7 Å². The molecular weight excluding hydrogens is 310 g/mol. The van der Waals surface area contributed by atoms with E-state index < -0.39 is 5.63 Å². The third-order valence-electron chi connectivity index (χ3n) is 3.95.